The Bertz CT molecular complexity index is 122. The van der Waals surface area contributed by atoms with E-state index in [1.54, 1.807) is 0 Å². The zero-order chi connectivity index (χ0) is 10.6. The monoisotopic (exact) mass is 202 g/mol. The van der Waals surface area contributed by atoms with Crippen LogP contribution in [0.25, 0.3) is 0 Å². The largest absolute Gasteiger partial charge is 0.317 e. The highest BCUT2D eigenvalue weighted by Gasteiger charge is 2.41. The molecule has 0 aromatic rings. The molecule has 0 radical (unpaired) electrons. The molecule has 0 amide bonds. The van der Waals surface area contributed by atoms with Gasteiger partial charge in [0.1, 0.15) is 0 Å². The second-order valence-electron chi connectivity index (χ2n) is 4.57. The van der Waals surface area contributed by atoms with Gasteiger partial charge in [0.25, 0.3) is 0 Å². The molecular formula is C10H26N2Si. The normalized spacial score (nSPS) is 13.4. The van der Waals surface area contributed by atoms with Crippen LogP contribution in [-0.2, 0) is 0 Å². The van der Waals surface area contributed by atoms with Crippen LogP contribution in [0.15, 0.2) is 0 Å². The van der Waals surface area contributed by atoms with Crippen molar-refractivity contribution in [3.8, 4) is 0 Å². The van der Waals surface area contributed by atoms with Crippen molar-refractivity contribution in [1.82, 2.24) is 9.13 Å². The van der Waals surface area contributed by atoms with Crippen molar-refractivity contribution in [2.45, 2.75) is 38.8 Å². The Hall–Kier alpha value is 0.137. The molecule has 0 atom stereocenters. The van der Waals surface area contributed by atoms with Gasteiger partial charge >= 0.3 is 0 Å². The average Bonchev–Trinajstić information content (AvgIpc) is 1.97. The van der Waals surface area contributed by atoms with Crippen LogP contribution in [0.4, 0.5) is 0 Å². The highest BCUT2D eigenvalue weighted by molar-refractivity contribution is 6.75. The van der Waals surface area contributed by atoms with Crippen LogP contribution in [0.1, 0.15) is 27.2 Å². The molecule has 0 fully saturated rings. The minimum absolute atomic E-state index is 0.789. The third kappa shape index (κ3) is 2.54. The second-order valence-corrected chi connectivity index (χ2v) is 9.77. The van der Waals surface area contributed by atoms with E-state index in [-0.39, 0.29) is 0 Å². The van der Waals surface area contributed by atoms with Crippen LogP contribution in [0.5, 0.6) is 0 Å². The lowest BCUT2D eigenvalue weighted by atomic mass is 10.6. The van der Waals surface area contributed by atoms with Crippen LogP contribution in [0.3, 0.4) is 0 Å². The molecule has 0 aromatic carbocycles. The van der Waals surface area contributed by atoms with Crippen molar-refractivity contribution in [1.29, 1.82) is 0 Å². The maximum absolute atomic E-state index is 2.49. The summed E-state index contributed by atoms with van der Waals surface area (Å²) in [6.45, 7) is 7.01. The number of rotatable bonds is 5. The van der Waals surface area contributed by atoms with Crippen LogP contribution in [0, 0.1) is 0 Å². The molecule has 0 spiro atoms. The third-order valence-electron chi connectivity index (χ3n) is 3.09. The van der Waals surface area contributed by atoms with Crippen LogP contribution in [-0.4, -0.2) is 45.7 Å². The summed E-state index contributed by atoms with van der Waals surface area (Å²) in [7, 11) is 7.59. The Morgan fingerprint density at radius 2 is 1.38 bits per heavy atom. The van der Waals surface area contributed by atoms with Crippen molar-refractivity contribution in [3.05, 3.63) is 0 Å². The molecular weight excluding hydrogens is 176 g/mol. The Balaban J connectivity index is 4.82. The summed E-state index contributed by atoms with van der Waals surface area (Å²) in [5.41, 5.74) is 0.789. The van der Waals surface area contributed by atoms with E-state index in [1.165, 1.54) is 12.5 Å². The first kappa shape index (κ1) is 13.1. The van der Waals surface area contributed by atoms with Gasteiger partial charge in [-0.05, 0) is 39.8 Å². The minimum atomic E-state index is -1.36. The molecule has 0 bridgehead atoms. The zero-order valence-corrected chi connectivity index (χ0v) is 11.4. The summed E-state index contributed by atoms with van der Waals surface area (Å²) in [4.78, 5) is 0. The van der Waals surface area contributed by atoms with E-state index in [2.05, 4.69) is 58.1 Å². The highest BCUT2D eigenvalue weighted by Crippen LogP contribution is 2.29. The summed E-state index contributed by atoms with van der Waals surface area (Å²) >= 11 is 0. The molecule has 80 valence electrons. The van der Waals surface area contributed by atoms with Gasteiger partial charge in [-0.2, -0.15) is 0 Å². The van der Waals surface area contributed by atoms with Gasteiger partial charge in [0, 0.05) is 0 Å². The molecule has 3 heteroatoms. The number of nitrogens with zero attached hydrogens (tertiary/aromatic N) is 2. The Kier molecular flexibility index (Phi) is 5.18. The molecule has 0 aliphatic heterocycles. The fourth-order valence-corrected chi connectivity index (χ4v) is 7.61. The summed E-state index contributed by atoms with van der Waals surface area (Å²) in [6.07, 6.45) is 1.29. The Morgan fingerprint density at radius 3 is 1.46 bits per heavy atom. The van der Waals surface area contributed by atoms with Gasteiger partial charge in [-0.3, -0.25) is 0 Å². The SMILES string of the molecule is CCC[Si](C(C)C)(N(C)C)N(C)C. The maximum atomic E-state index is 2.49. The van der Waals surface area contributed by atoms with Crippen LogP contribution in [0.2, 0.25) is 11.6 Å². The molecule has 13 heavy (non-hydrogen) atoms. The van der Waals surface area contributed by atoms with E-state index in [9.17, 15) is 0 Å². The quantitative estimate of drug-likeness (QED) is 0.632. The van der Waals surface area contributed by atoms with Gasteiger partial charge in [-0.1, -0.05) is 27.2 Å². The van der Waals surface area contributed by atoms with Crippen molar-refractivity contribution in [3.63, 3.8) is 0 Å². The van der Waals surface area contributed by atoms with Crippen LogP contribution >= 0.6 is 0 Å². The summed E-state index contributed by atoms with van der Waals surface area (Å²) in [5.74, 6) is 0. The van der Waals surface area contributed by atoms with Gasteiger partial charge in [0.15, 0.2) is 0 Å². The van der Waals surface area contributed by atoms with Gasteiger partial charge in [-0.25, -0.2) is 0 Å². The van der Waals surface area contributed by atoms with E-state index in [4.69, 9.17) is 0 Å². The molecule has 0 aliphatic carbocycles. The number of hydrogen-bond donors (Lipinski definition) is 0. The molecule has 0 heterocycles. The first-order chi connectivity index (χ1) is 5.89. The van der Waals surface area contributed by atoms with Crippen molar-refractivity contribution < 1.29 is 0 Å². The van der Waals surface area contributed by atoms with Gasteiger partial charge in [0.05, 0.1) is 0 Å². The molecule has 0 N–H and O–H groups in total. The highest BCUT2D eigenvalue weighted by atomic mass is 28.3. The standard InChI is InChI=1S/C10H26N2Si/c1-8-9-13(10(2)3,11(4)5)12(6)7/h10H,8-9H2,1-7H3. The van der Waals surface area contributed by atoms with Crippen LogP contribution < -0.4 is 0 Å². The van der Waals surface area contributed by atoms with Gasteiger partial charge in [0.2, 0.25) is 8.40 Å². The summed E-state index contributed by atoms with van der Waals surface area (Å²) in [6, 6.07) is 1.37. The predicted octanol–water partition coefficient (Wildman–Crippen LogP) is 2.37. The van der Waals surface area contributed by atoms with Crippen molar-refractivity contribution in [2.24, 2.45) is 0 Å². The zero-order valence-electron chi connectivity index (χ0n) is 10.4. The summed E-state index contributed by atoms with van der Waals surface area (Å²) < 4.78 is 4.97. The molecule has 0 saturated carbocycles. The third-order valence-corrected chi connectivity index (χ3v) is 9.27. The average molecular weight is 202 g/mol. The first-order valence-electron chi connectivity index (χ1n) is 5.24. The van der Waals surface area contributed by atoms with E-state index < -0.39 is 8.40 Å². The molecule has 0 aliphatic rings. The van der Waals surface area contributed by atoms with E-state index in [1.807, 2.05) is 0 Å². The maximum Gasteiger partial charge on any atom is 0.208 e. The minimum Gasteiger partial charge on any atom is -0.317 e. The topological polar surface area (TPSA) is 6.48 Å². The lowest BCUT2D eigenvalue weighted by Crippen LogP contribution is -2.62. The Morgan fingerprint density at radius 1 is 1.00 bits per heavy atom. The molecule has 2 nitrogen and oxygen atoms in total. The van der Waals surface area contributed by atoms with Gasteiger partial charge in [-0.15, -0.1) is 0 Å². The predicted molar refractivity (Wildman–Crippen MR) is 63.3 cm³/mol. The fourth-order valence-electron chi connectivity index (χ4n) is 2.54. The lowest BCUT2D eigenvalue weighted by molar-refractivity contribution is 0.455. The number of hydrogen-bond acceptors (Lipinski definition) is 2. The molecule has 0 unspecified atom stereocenters. The van der Waals surface area contributed by atoms with Crippen molar-refractivity contribution in [2.75, 3.05) is 28.2 Å². The van der Waals surface area contributed by atoms with Gasteiger partial charge < -0.3 is 9.13 Å². The Labute approximate surface area is 85.1 Å². The van der Waals surface area contributed by atoms with E-state index in [0.717, 1.165) is 5.54 Å². The van der Waals surface area contributed by atoms with Crippen molar-refractivity contribution >= 4 is 8.40 Å². The van der Waals surface area contributed by atoms with E-state index >= 15 is 0 Å². The molecule has 0 saturated heterocycles. The fraction of sp³-hybridized carbons (Fsp3) is 1.00. The smallest absolute Gasteiger partial charge is 0.208 e. The lowest BCUT2D eigenvalue weighted by Gasteiger charge is -2.45. The van der Waals surface area contributed by atoms with E-state index in [0.29, 0.717) is 0 Å². The first-order valence-corrected chi connectivity index (χ1v) is 7.42. The summed E-state index contributed by atoms with van der Waals surface area (Å²) in [5, 5.41) is 0. The molecule has 0 rings (SSSR count). The second kappa shape index (κ2) is 5.13. The molecule has 0 aromatic heterocycles.